The molecular formula is C20H20N2O3S. The van der Waals surface area contributed by atoms with E-state index in [0.29, 0.717) is 22.6 Å². The van der Waals surface area contributed by atoms with Crippen molar-refractivity contribution in [3.8, 4) is 11.5 Å². The number of aromatic nitrogens is 2. The minimum atomic E-state index is -0.592. The molecule has 0 saturated carbocycles. The summed E-state index contributed by atoms with van der Waals surface area (Å²) >= 11 is 1.54. The van der Waals surface area contributed by atoms with Crippen LogP contribution >= 0.6 is 11.3 Å². The van der Waals surface area contributed by atoms with Gasteiger partial charge in [0.05, 0.1) is 0 Å². The third kappa shape index (κ3) is 3.42. The van der Waals surface area contributed by atoms with Gasteiger partial charge in [-0.2, -0.15) is 0 Å². The highest BCUT2D eigenvalue weighted by Crippen LogP contribution is 2.33. The van der Waals surface area contributed by atoms with Gasteiger partial charge in [0.15, 0.2) is 6.10 Å². The van der Waals surface area contributed by atoms with Crippen LogP contribution in [0.1, 0.15) is 52.4 Å². The highest BCUT2D eigenvalue weighted by Gasteiger charge is 2.24. The maximum atomic E-state index is 12.5. The summed E-state index contributed by atoms with van der Waals surface area (Å²) in [5, 5.41) is 8.07. The molecule has 0 fully saturated rings. The first-order chi connectivity index (χ1) is 12.6. The van der Waals surface area contributed by atoms with Crippen LogP contribution in [-0.4, -0.2) is 16.2 Å². The zero-order chi connectivity index (χ0) is 18.1. The van der Waals surface area contributed by atoms with Crippen molar-refractivity contribution in [1.82, 2.24) is 10.2 Å². The van der Waals surface area contributed by atoms with E-state index in [-0.39, 0.29) is 5.97 Å². The Hall–Kier alpha value is -2.47. The van der Waals surface area contributed by atoms with Crippen LogP contribution in [0, 0.1) is 5.92 Å². The summed E-state index contributed by atoms with van der Waals surface area (Å²) in [6.07, 6.45) is 2.68. The summed E-state index contributed by atoms with van der Waals surface area (Å²) in [4.78, 5) is 14.5. The predicted octanol–water partition coefficient (Wildman–Crippen LogP) is 4.84. The topological polar surface area (TPSA) is 65.2 Å². The van der Waals surface area contributed by atoms with Crippen molar-refractivity contribution in [3.63, 3.8) is 0 Å². The summed E-state index contributed by atoms with van der Waals surface area (Å²) in [5.41, 5.74) is 2.13. The summed E-state index contributed by atoms with van der Waals surface area (Å²) in [7, 11) is 0. The van der Waals surface area contributed by atoms with E-state index < -0.39 is 6.10 Å². The first-order valence-corrected chi connectivity index (χ1v) is 9.63. The van der Waals surface area contributed by atoms with Gasteiger partial charge in [0.2, 0.25) is 5.89 Å². The van der Waals surface area contributed by atoms with Crippen LogP contribution in [0.15, 0.2) is 40.8 Å². The van der Waals surface area contributed by atoms with E-state index in [2.05, 4.69) is 17.1 Å². The van der Waals surface area contributed by atoms with Crippen molar-refractivity contribution in [3.05, 3.63) is 57.6 Å². The summed E-state index contributed by atoms with van der Waals surface area (Å²) < 4.78 is 11.2. The lowest BCUT2D eigenvalue weighted by atomic mass is 9.90. The monoisotopic (exact) mass is 368 g/mol. The van der Waals surface area contributed by atoms with E-state index in [1.54, 1.807) is 18.3 Å². The van der Waals surface area contributed by atoms with Gasteiger partial charge in [0, 0.05) is 10.4 Å². The van der Waals surface area contributed by atoms with Gasteiger partial charge in [-0.15, -0.1) is 21.5 Å². The number of carbonyl (C=O) groups is 1. The second-order valence-electron chi connectivity index (χ2n) is 6.77. The number of fused-ring (bicyclic) bond motifs is 1. The van der Waals surface area contributed by atoms with Gasteiger partial charge < -0.3 is 9.15 Å². The van der Waals surface area contributed by atoms with Crippen LogP contribution in [0.4, 0.5) is 0 Å². The van der Waals surface area contributed by atoms with Gasteiger partial charge in [0.25, 0.3) is 5.89 Å². The molecule has 2 heterocycles. The molecule has 134 valence electrons. The Labute approximate surface area is 156 Å². The van der Waals surface area contributed by atoms with Crippen molar-refractivity contribution >= 4 is 17.3 Å². The molecule has 2 aromatic heterocycles. The van der Waals surface area contributed by atoms with Crippen molar-refractivity contribution in [1.29, 1.82) is 0 Å². The molecule has 1 aliphatic rings. The van der Waals surface area contributed by atoms with Gasteiger partial charge >= 0.3 is 5.97 Å². The molecule has 0 saturated heterocycles. The van der Waals surface area contributed by atoms with E-state index >= 15 is 0 Å². The van der Waals surface area contributed by atoms with Crippen LogP contribution in [0.5, 0.6) is 0 Å². The molecule has 1 aliphatic carbocycles. The van der Waals surface area contributed by atoms with Crippen LogP contribution in [0.3, 0.4) is 0 Å². The van der Waals surface area contributed by atoms with Gasteiger partial charge in [-0.05, 0) is 55.9 Å². The Morgan fingerprint density at radius 1 is 1.31 bits per heavy atom. The number of hydrogen-bond donors (Lipinski definition) is 0. The number of aryl methyl sites for hydroxylation is 1. The summed E-state index contributed by atoms with van der Waals surface area (Å²) in [6, 6.07) is 11.5. The molecule has 0 amide bonds. The fourth-order valence-electron chi connectivity index (χ4n) is 3.17. The van der Waals surface area contributed by atoms with Crippen molar-refractivity contribution in [2.24, 2.45) is 5.92 Å². The number of thiophene rings is 1. The van der Waals surface area contributed by atoms with Gasteiger partial charge in [-0.1, -0.05) is 25.1 Å². The van der Waals surface area contributed by atoms with Gasteiger partial charge in [-0.25, -0.2) is 4.79 Å². The van der Waals surface area contributed by atoms with E-state index in [1.165, 1.54) is 16.9 Å². The quantitative estimate of drug-likeness (QED) is 0.617. The van der Waals surface area contributed by atoms with Gasteiger partial charge in [-0.3, -0.25) is 0 Å². The number of rotatable bonds is 4. The second kappa shape index (κ2) is 7.03. The predicted molar refractivity (Wildman–Crippen MR) is 99.1 cm³/mol. The van der Waals surface area contributed by atoms with E-state index in [4.69, 9.17) is 9.15 Å². The highest BCUT2D eigenvalue weighted by molar-refractivity contribution is 7.14. The minimum absolute atomic E-state index is 0.298. The number of carbonyl (C=O) groups excluding carboxylic acids is 1. The minimum Gasteiger partial charge on any atom is -0.448 e. The largest absolute Gasteiger partial charge is 0.448 e. The first-order valence-electron chi connectivity index (χ1n) is 8.81. The zero-order valence-electron chi connectivity index (χ0n) is 14.8. The SMILES string of the molecule is C[C@H]1CCc2sc(C(=O)O[C@H](C)c3nnc(-c4ccccc4)o3)cc2C1. The fourth-order valence-corrected chi connectivity index (χ4v) is 4.26. The average Bonchev–Trinajstić information content (AvgIpc) is 3.29. The highest BCUT2D eigenvalue weighted by atomic mass is 32.1. The van der Waals surface area contributed by atoms with Crippen LogP contribution < -0.4 is 0 Å². The van der Waals surface area contributed by atoms with Crippen LogP contribution in [0.25, 0.3) is 11.5 Å². The summed E-state index contributed by atoms with van der Waals surface area (Å²) in [5.74, 6) is 1.06. The Morgan fingerprint density at radius 2 is 2.12 bits per heavy atom. The molecule has 6 heteroatoms. The Balaban J connectivity index is 1.46. The Bertz CT molecular complexity index is 916. The molecule has 4 rings (SSSR count). The van der Waals surface area contributed by atoms with Crippen molar-refractivity contribution in [2.75, 3.05) is 0 Å². The van der Waals surface area contributed by atoms with E-state index in [9.17, 15) is 4.79 Å². The molecule has 2 atom stereocenters. The summed E-state index contributed by atoms with van der Waals surface area (Å²) in [6.45, 7) is 4.00. The molecule has 0 spiro atoms. The zero-order valence-corrected chi connectivity index (χ0v) is 15.6. The van der Waals surface area contributed by atoms with Crippen molar-refractivity contribution < 1.29 is 13.9 Å². The maximum absolute atomic E-state index is 12.5. The number of ether oxygens (including phenoxy) is 1. The molecule has 0 radical (unpaired) electrons. The van der Waals surface area contributed by atoms with Crippen LogP contribution in [-0.2, 0) is 17.6 Å². The van der Waals surface area contributed by atoms with Crippen LogP contribution in [0.2, 0.25) is 0 Å². The molecule has 1 aromatic carbocycles. The van der Waals surface area contributed by atoms with Gasteiger partial charge in [0.1, 0.15) is 4.88 Å². The second-order valence-corrected chi connectivity index (χ2v) is 7.90. The number of esters is 1. The maximum Gasteiger partial charge on any atom is 0.349 e. The molecule has 26 heavy (non-hydrogen) atoms. The lowest BCUT2D eigenvalue weighted by molar-refractivity contribution is 0.0285. The fraction of sp³-hybridized carbons (Fsp3) is 0.350. The molecule has 0 unspecified atom stereocenters. The Kier molecular flexibility index (Phi) is 4.59. The van der Waals surface area contributed by atoms with E-state index in [1.807, 2.05) is 36.4 Å². The van der Waals surface area contributed by atoms with Crippen molar-refractivity contribution in [2.45, 2.75) is 39.2 Å². The molecular weight excluding hydrogens is 348 g/mol. The average molecular weight is 368 g/mol. The smallest absolute Gasteiger partial charge is 0.349 e. The number of hydrogen-bond acceptors (Lipinski definition) is 6. The molecule has 3 aromatic rings. The molecule has 0 bridgehead atoms. The molecule has 0 aliphatic heterocycles. The lowest BCUT2D eigenvalue weighted by Gasteiger charge is -2.16. The standard InChI is InChI=1S/C20H20N2O3S/c1-12-8-9-16-15(10-12)11-17(26-16)20(23)24-13(2)18-21-22-19(25-18)14-6-4-3-5-7-14/h3-7,11-13H,8-10H2,1-2H3/t12-,13+/m0/s1. The number of nitrogens with zero attached hydrogens (tertiary/aromatic N) is 2. The van der Waals surface area contributed by atoms with E-state index in [0.717, 1.165) is 18.4 Å². The third-order valence-electron chi connectivity index (χ3n) is 4.62. The normalized spacial score (nSPS) is 17.5. The first kappa shape index (κ1) is 17.0. The lowest BCUT2D eigenvalue weighted by Crippen LogP contribution is -2.08. The Morgan fingerprint density at radius 3 is 2.92 bits per heavy atom. The third-order valence-corrected chi connectivity index (χ3v) is 5.84. The molecule has 0 N–H and O–H groups in total. The molecule has 5 nitrogen and oxygen atoms in total. The number of benzene rings is 1.